The van der Waals surface area contributed by atoms with E-state index in [2.05, 4.69) is 24.2 Å². The smallest absolute Gasteiger partial charge is 0.0992 e. The number of aryl methyl sites for hydroxylation is 1. The summed E-state index contributed by atoms with van der Waals surface area (Å²) in [5, 5.41) is 11.2. The van der Waals surface area contributed by atoms with Crippen LogP contribution in [-0.4, -0.2) is 14.5 Å². The summed E-state index contributed by atoms with van der Waals surface area (Å²) in [6.07, 6.45) is 11.6. The highest BCUT2D eigenvalue weighted by atomic mass is 16.3. The van der Waals surface area contributed by atoms with Gasteiger partial charge in [-0.2, -0.15) is 0 Å². The molecular weight excluding hydrogens is 236 g/mol. The number of rotatable bonds is 1. The Morgan fingerprint density at radius 2 is 2.05 bits per heavy atom. The van der Waals surface area contributed by atoms with Gasteiger partial charge < -0.3 is 9.51 Å². The van der Waals surface area contributed by atoms with Gasteiger partial charge in [-0.3, -0.25) is 0 Å². The maximum absolute atomic E-state index is 11.2. The monoisotopic (exact) mass is 256 g/mol. The second-order valence-corrected chi connectivity index (χ2v) is 6.51. The molecule has 3 heteroatoms. The first-order chi connectivity index (χ1) is 9.16. The fourth-order valence-electron chi connectivity index (χ4n) is 4.37. The summed E-state index contributed by atoms with van der Waals surface area (Å²) in [5.41, 5.74) is 2.70. The Morgan fingerprint density at radius 1 is 1.32 bits per heavy atom. The lowest BCUT2D eigenvalue weighted by Gasteiger charge is -2.25. The number of pyridine rings is 1. The van der Waals surface area contributed by atoms with Crippen LogP contribution in [0.15, 0.2) is 24.8 Å². The largest absolute Gasteiger partial charge is 0.385 e. The number of nitrogens with zero attached hydrogens (tertiary/aromatic N) is 2. The molecule has 0 spiro atoms. The van der Waals surface area contributed by atoms with Crippen LogP contribution in [0.2, 0.25) is 0 Å². The summed E-state index contributed by atoms with van der Waals surface area (Å²) >= 11 is 0. The molecule has 2 aliphatic carbocycles. The van der Waals surface area contributed by atoms with Crippen molar-refractivity contribution in [1.82, 2.24) is 9.38 Å². The molecule has 0 saturated heterocycles. The van der Waals surface area contributed by atoms with Crippen LogP contribution in [0.3, 0.4) is 0 Å². The molecule has 100 valence electrons. The van der Waals surface area contributed by atoms with E-state index in [4.69, 9.17) is 0 Å². The van der Waals surface area contributed by atoms with Gasteiger partial charge in [0.15, 0.2) is 0 Å². The zero-order chi connectivity index (χ0) is 13.0. The van der Waals surface area contributed by atoms with E-state index in [1.165, 1.54) is 24.8 Å². The topological polar surface area (TPSA) is 37.5 Å². The Bertz CT molecular complexity index is 619. The number of imidazole rings is 1. The van der Waals surface area contributed by atoms with Crippen LogP contribution in [0, 0.1) is 18.8 Å². The average molecular weight is 256 g/mol. The summed E-state index contributed by atoms with van der Waals surface area (Å²) in [4.78, 5) is 4.23. The van der Waals surface area contributed by atoms with Gasteiger partial charge in [0.1, 0.15) is 0 Å². The van der Waals surface area contributed by atoms with Crippen LogP contribution in [0.1, 0.15) is 43.2 Å². The van der Waals surface area contributed by atoms with Crippen molar-refractivity contribution in [1.29, 1.82) is 0 Å². The number of fused-ring (bicyclic) bond motifs is 2. The zero-order valence-corrected chi connectivity index (χ0v) is 11.3. The molecule has 0 radical (unpaired) electrons. The molecule has 0 aromatic carbocycles. The van der Waals surface area contributed by atoms with Gasteiger partial charge in [-0.25, -0.2) is 4.98 Å². The molecule has 2 unspecified atom stereocenters. The quantitative estimate of drug-likeness (QED) is 0.851. The van der Waals surface area contributed by atoms with Crippen LogP contribution in [0.4, 0.5) is 0 Å². The first kappa shape index (κ1) is 11.5. The van der Waals surface area contributed by atoms with Crippen molar-refractivity contribution in [2.45, 2.75) is 44.6 Å². The van der Waals surface area contributed by atoms with Crippen molar-refractivity contribution in [3.8, 4) is 0 Å². The normalized spacial score (nSPS) is 34.0. The van der Waals surface area contributed by atoms with E-state index < -0.39 is 5.60 Å². The van der Waals surface area contributed by atoms with E-state index in [-0.39, 0.29) is 0 Å². The maximum Gasteiger partial charge on any atom is 0.0992 e. The summed E-state index contributed by atoms with van der Waals surface area (Å²) < 4.78 is 2.04. The molecule has 2 aromatic rings. The molecule has 0 amide bonds. The predicted octanol–water partition coefficient (Wildman–Crippen LogP) is 3.04. The maximum atomic E-state index is 11.2. The fourth-order valence-corrected chi connectivity index (χ4v) is 4.37. The average Bonchev–Trinajstić information content (AvgIpc) is 3.01. The molecule has 2 heterocycles. The van der Waals surface area contributed by atoms with Gasteiger partial charge >= 0.3 is 0 Å². The summed E-state index contributed by atoms with van der Waals surface area (Å²) in [6.45, 7) is 2.09. The first-order valence-electron chi connectivity index (χ1n) is 7.31. The highest BCUT2D eigenvalue weighted by Crippen LogP contribution is 2.53. The molecule has 2 fully saturated rings. The zero-order valence-electron chi connectivity index (χ0n) is 11.3. The van der Waals surface area contributed by atoms with Crippen molar-refractivity contribution in [2.75, 3.05) is 0 Å². The predicted molar refractivity (Wildman–Crippen MR) is 73.9 cm³/mol. The first-order valence-corrected chi connectivity index (χ1v) is 7.31. The minimum atomic E-state index is -0.636. The van der Waals surface area contributed by atoms with E-state index >= 15 is 0 Å². The third-order valence-corrected chi connectivity index (χ3v) is 5.17. The lowest BCUT2D eigenvalue weighted by atomic mass is 9.88. The SMILES string of the molecule is Cc1cc(C2(O)CC3CCCC3C2)c2cncn2c1. The highest BCUT2D eigenvalue weighted by Gasteiger charge is 2.47. The number of aliphatic hydroxyl groups is 1. The Morgan fingerprint density at radius 3 is 2.79 bits per heavy atom. The highest BCUT2D eigenvalue weighted by molar-refractivity contribution is 5.57. The minimum Gasteiger partial charge on any atom is -0.385 e. The molecular formula is C16H20N2O. The molecule has 2 atom stereocenters. The molecule has 0 aliphatic heterocycles. The van der Waals surface area contributed by atoms with Crippen molar-refractivity contribution in [3.63, 3.8) is 0 Å². The number of aromatic nitrogens is 2. The lowest BCUT2D eigenvalue weighted by molar-refractivity contribution is 0.0362. The second kappa shape index (κ2) is 3.83. The van der Waals surface area contributed by atoms with E-state index in [0.717, 1.165) is 35.8 Å². The Kier molecular flexibility index (Phi) is 2.31. The molecule has 2 saturated carbocycles. The third kappa shape index (κ3) is 1.64. The molecule has 19 heavy (non-hydrogen) atoms. The van der Waals surface area contributed by atoms with Gasteiger partial charge in [-0.1, -0.05) is 19.3 Å². The van der Waals surface area contributed by atoms with E-state index in [0.29, 0.717) is 0 Å². The minimum absolute atomic E-state index is 0.636. The lowest BCUT2D eigenvalue weighted by Crippen LogP contribution is -2.23. The van der Waals surface area contributed by atoms with E-state index in [1.54, 1.807) is 0 Å². The molecule has 1 N–H and O–H groups in total. The fraction of sp³-hybridized carbons (Fsp3) is 0.562. The van der Waals surface area contributed by atoms with Crippen LogP contribution in [0.25, 0.3) is 5.52 Å². The summed E-state index contributed by atoms with van der Waals surface area (Å²) in [5.74, 6) is 1.46. The van der Waals surface area contributed by atoms with Gasteiger partial charge in [0.25, 0.3) is 0 Å². The molecule has 2 aromatic heterocycles. The van der Waals surface area contributed by atoms with Crippen LogP contribution >= 0.6 is 0 Å². The van der Waals surface area contributed by atoms with Crippen LogP contribution in [0.5, 0.6) is 0 Å². The Balaban J connectivity index is 1.83. The second-order valence-electron chi connectivity index (χ2n) is 6.51. The van der Waals surface area contributed by atoms with Crippen LogP contribution < -0.4 is 0 Å². The summed E-state index contributed by atoms with van der Waals surface area (Å²) in [6, 6.07) is 2.15. The molecule has 2 aliphatic rings. The van der Waals surface area contributed by atoms with Gasteiger partial charge in [0.2, 0.25) is 0 Å². The van der Waals surface area contributed by atoms with Gasteiger partial charge in [0.05, 0.1) is 23.6 Å². The Hall–Kier alpha value is -1.35. The molecule has 3 nitrogen and oxygen atoms in total. The van der Waals surface area contributed by atoms with E-state index in [9.17, 15) is 5.11 Å². The number of hydrogen-bond donors (Lipinski definition) is 1. The molecule has 4 rings (SSSR count). The summed E-state index contributed by atoms with van der Waals surface area (Å²) in [7, 11) is 0. The van der Waals surface area contributed by atoms with Gasteiger partial charge in [-0.05, 0) is 43.2 Å². The standard InChI is InChI=1S/C16H20N2O/c1-11-5-14(15-8-17-10-18(15)9-11)16(19)6-12-3-2-4-13(12)7-16/h5,8-10,12-13,19H,2-4,6-7H2,1H3. The van der Waals surface area contributed by atoms with Gasteiger partial charge in [-0.15, -0.1) is 0 Å². The van der Waals surface area contributed by atoms with Crippen molar-refractivity contribution in [3.05, 3.63) is 35.9 Å². The van der Waals surface area contributed by atoms with Crippen LogP contribution in [-0.2, 0) is 5.60 Å². The van der Waals surface area contributed by atoms with Crippen molar-refractivity contribution < 1.29 is 5.11 Å². The van der Waals surface area contributed by atoms with E-state index in [1.807, 2.05) is 16.9 Å². The van der Waals surface area contributed by atoms with Gasteiger partial charge in [0, 0.05) is 11.8 Å². The Labute approximate surface area is 113 Å². The van der Waals surface area contributed by atoms with Crippen molar-refractivity contribution in [2.24, 2.45) is 11.8 Å². The molecule has 0 bridgehead atoms. The van der Waals surface area contributed by atoms with Crippen molar-refractivity contribution >= 4 is 5.52 Å². The third-order valence-electron chi connectivity index (χ3n) is 5.17. The number of hydrogen-bond acceptors (Lipinski definition) is 2.